The standard InChI is InChI=1S/C30H52O5/c1-25(2)21(33)10-12-27(5)20-15-18(31)23-17(30(8)14-11-22(35-30)26(3,4)34)9-13-28(23,6)29(20,7)16-19(32)24(25)27/h17-24,31-34H,9-16H2,1-8H3/t17-,18-,19+,20+,21+,22+,23+,24-,27-,28-,29-,30-/m1/s1. The molecule has 0 amide bonds. The van der Waals surface area contributed by atoms with Crippen molar-refractivity contribution in [1.29, 1.82) is 0 Å². The van der Waals surface area contributed by atoms with Crippen molar-refractivity contribution in [2.45, 2.75) is 142 Å². The van der Waals surface area contributed by atoms with Crippen LogP contribution in [-0.2, 0) is 4.74 Å². The van der Waals surface area contributed by atoms with Gasteiger partial charge in [-0.1, -0.05) is 34.6 Å². The summed E-state index contributed by atoms with van der Waals surface area (Å²) < 4.78 is 6.64. The molecule has 0 aromatic carbocycles. The van der Waals surface area contributed by atoms with Crippen LogP contribution >= 0.6 is 0 Å². The normalized spacial score (nSPS) is 57.9. The van der Waals surface area contributed by atoms with E-state index in [2.05, 4.69) is 41.5 Å². The average molecular weight is 493 g/mol. The Labute approximate surface area is 213 Å². The number of ether oxygens (including phenoxy) is 1. The highest BCUT2D eigenvalue weighted by atomic mass is 16.5. The van der Waals surface area contributed by atoms with Crippen molar-refractivity contribution in [3.05, 3.63) is 0 Å². The Morgan fingerprint density at radius 2 is 1.46 bits per heavy atom. The van der Waals surface area contributed by atoms with Crippen LogP contribution in [0.2, 0.25) is 0 Å². The van der Waals surface area contributed by atoms with Gasteiger partial charge < -0.3 is 25.2 Å². The lowest BCUT2D eigenvalue weighted by atomic mass is 9.34. The van der Waals surface area contributed by atoms with Gasteiger partial charge in [-0.25, -0.2) is 0 Å². The van der Waals surface area contributed by atoms with E-state index in [9.17, 15) is 20.4 Å². The molecule has 0 unspecified atom stereocenters. The van der Waals surface area contributed by atoms with Gasteiger partial charge in [-0.2, -0.15) is 0 Å². The summed E-state index contributed by atoms with van der Waals surface area (Å²) in [5, 5.41) is 45.2. The fourth-order valence-electron chi connectivity index (χ4n) is 11.3. The maximum absolute atomic E-state index is 11.9. The number of rotatable bonds is 2. The largest absolute Gasteiger partial charge is 0.393 e. The molecular weight excluding hydrogens is 440 g/mol. The zero-order valence-electron chi connectivity index (χ0n) is 23.5. The molecule has 5 nitrogen and oxygen atoms in total. The molecule has 35 heavy (non-hydrogen) atoms. The molecule has 5 heteroatoms. The van der Waals surface area contributed by atoms with Crippen molar-refractivity contribution in [3.8, 4) is 0 Å². The molecule has 12 atom stereocenters. The van der Waals surface area contributed by atoms with Crippen LogP contribution < -0.4 is 0 Å². The fraction of sp³-hybridized carbons (Fsp3) is 1.00. The van der Waals surface area contributed by atoms with Crippen LogP contribution in [0.5, 0.6) is 0 Å². The first-order valence-electron chi connectivity index (χ1n) is 14.4. The molecule has 1 heterocycles. The van der Waals surface area contributed by atoms with Gasteiger partial charge in [-0.05, 0) is 117 Å². The molecule has 4 saturated carbocycles. The van der Waals surface area contributed by atoms with E-state index in [0.29, 0.717) is 5.92 Å². The highest BCUT2D eigenvalue weighted by Crippen LogP contribution is 2.76. The molecular formula is C30H52O5. The number of hydrogen-bond donors (Lipinski definition) is 4. The SMILES string of the molecule is CC(C)(O)[C@@H]1CC[C@](C)([C@@H]2CC[C@]3(C)[C@@H]2[C@H](O)C[C@H]2[C@@]4(C)CC[C@H](O)C(C)(C)[C@H]4[C@@H](O)C[C@]23C)O1. The molecule has 0 bridgehead atoms. The third kappa shape index (κ3) is 3.36. The van der Waals surface area contributed by atoms with Gasteiger partial charge in [0, 0.05) is 0 Å². The Kier molecular flexibility index (Phi) is 5.80. The number of fused-ring (bicyclic) bond motifs is 5. The predicted octanol–water partition coefficient (Wildman–Crippen LogP) is 4.68. The summed E-state index contributed by atoms with van der Waals surface area (Å²) in [4.78, 5) is 0. The Hall–Kier alpha value is -0.200. The first-order valence-corrected chi connectivity index (χ1v) is 14.4. The lowest BCUT2D eigenvalue weighted by Gasteiger charge is -2.71. The topological polar surface area (TPSA) is 90.2 Å². The van der Waals surface area contributed by atoms with Crippen LogP contribution in [0.4, 0.5) is 0 Å². The molecule has 5 aliphatic rings. The number of hydrogen-bond acceptors (Lipinski definition) is 5. The monoisotopic (exact) mass is 492 g/mol. The second-order valence-electron chi connectivity index (χ2n) is 15.6. The highest BCUT2D eigenvalue weighted by molar-refractivity contribution is 5.22. The summed E-state index contributed by atoms with van der Waals surface area (Å²) in [6.07, 6.45) is 5.61. The minimum absolute atomic E-state index is 0.0320. The van der Waals surface area contributed by atoms with E-state index in [1.807, 2.05) is 13.8 Å². The van der Waals surface area contributed by atoms with Crippen LogP contribution in [-0.4, -0.2) is 56.0 Å². The van der Waals surface area contributed by atoms with E-state index >= 15 is 0 Å². The van der Waals surface area contributed by atoms with Crippen LogP contribution in [0.15, 0.2) is 0 Å². The van der Waals surface area contributed by atoms with Gasteiger partial charge in [0.2, 0.25) is 0 Å². The molecule has 4 aliphatic carbocycles. The Morgan fingerprint density at radius 3 is 2.06 bits per heavy atom. The summed E-state index contributed by atoms with van der Waals surface area (Å²) >= 11 is 0. The summed E-state index contributed by atoms with van der Waals surface area (Å²) in [6.45, 7) is 17.3. The van der Waals surface area contributed by atoms with E-state index in [1.54, 1.807) is 0 Å². The third-order valence-electron chi connectivity index (χ3n) is 13.1. The zero-order valence-corrected chi connectivity index (χ0v) is 23.5. The van der Waals surface area contributed by atoms with Crippen LogP contribution in [0, 0.1) is 45.3 Å². The molecule has 5 rings (SSSR count). The van der Waals surface area contributed by atoms with Gasteiger partial charge in [-0.15, -0.1) is 0 Å². The third-order valence-corrected chi connectivity index (χ3v) is 13.1. The number of aliphatic hydroxyl groups is 4. The van der Waals surface area contributed by atoms with Gasteiger partial charge in [-0.3, -0.25) is 0 Å². The van der Waals surface area contributed by atoms with E-state index in [-0.39, 0.29) is 51.1 Å². The summed E-state index contributed by atoms with van der Waals surface area (Å²) in [5.41, 5.74) is -1.83. The van der Waals surface area contributed by atoms with Crippen molar-refractivity contribution in [3.63, 3.8) is 0 Å². The molecule has 202 valence electrons. The van der Waals surface area contributed by atoms with Crippen LogP contribution in [0.25, 0.3) is 0 Å². The molecule has 0 spiro atoms. The maximum Gasteiger partial charge on any atom is 0.0865 e. The van der Waals surface area contributed by atoms with Gasteiger partial charge >= 0.3 is 0 Å². The first-order chi connectivity index (χ1) is 15.9. The maximum atomic E-state index is 11.9. The van der Waals surface area contributed by atoms with E-state index < -0.39 is 23.9 Å². The molecule has 1 saturated heterocycles. The lowest BCUT2D eigenvalue weighted by molar-refractivity contribution is -0.275. The second kappa shape index (κ2) is 7.68. The molecule has 4 N–H and O–H groups in total. The zero-order chi connectivity index (χ0) is 26.0. The lowest BCUT2D eigenvalue weighted by Crippen LogP contribution is -2.69. The molecule has 0 aromatic heterocycles. The van der Waals surface area contributed by atoms with Crippen molar-refractivity contribution in [2.75, 3.05) is 0 Å². The van der Waals surface area contributed by atoms with Crippen LogP contribution in [0.3, 0.4) is 0 Å². The van der Waals surface area contributed by atoms with E-state index in [4.69, 9.17) is 4.74 Å². The Balaban J connectivity index is 1.51. The Bertz CT molecular complexity index is 850. The fourth-order valence-corrected chi connectivity index (χ4v) is 11.3. The van der Waals surface area contributed by atoms with Gasteiger partial charge in [0.25, 0.3) is 0 Å². The predicted molar refractivity (Wildman–Crippen MR) is 137 cm³/mol. The molecule has 0 radical (unpaired) electrons. The summed E-state index contributed by atoms with van der Waals surface area (Å²) in [7, 11) is 0. The first kappa shape index (κ1) is 26.4. The van der Waals surface area contributed by atoms with Gasteiger partial charge in [0.1, 0.15) is 0 Å². The van der Waals surface area contributed by atoms with E-state index in [1.165, 1.54) is 0 Å². The average Bonchev–Trinajstić information content (AvgIpc) is 3.30. The highest BCUT2D eigenvalue weighted by Gasteiger charge is 2.73. The molecule has 5 fully saturated rings. The second-order valence-corrected chi connectivity index (χ2v) is 15.6. The van der Waals surface area contributed by atoms with Gasteiger partial charge in [0.05, 0.1) is 35.6 Å². The number of aliphatic hydroxyl groups excluding tert-OH is 3. The van der Waals surface area contributed by atoms with Crippen molar-refractivity contribution < 1.29 is 25.2 Å². The van der Waals surface area contributed by atoms with Crippen molar-refractivity contribution in [2.24, 2.45) is 45.3 Å². The molecule has 1 aliphatic heterocycles. The van der Waals surface area contributed by atoms with Crippen LogP contribution in [0.1, 0.15) is 107 Å². The smallest absolute Gasteiger partial charge is 0.0865 e. The minimum Gasteiger partial charge on any atom is -0.393 e. The van der Waals surface area contributed by atoms with Gasteiger partial charge in [0.15, 0.2) is 0 Å². The van der Waals surface area contributed by atoms with Crippen molar-refractivity contribution in [1.82, 2.24) is 0 Å². The van der Waals surface area contributed by atoms with E-state index in [0.717, 1.165) is 51.4 Å². The summed E-state index contributed by atoms with van der Waals surface area (Å²) in [5.74, 6) is 0.722. The van der Waals surface area contributed by atoms with Crippen molar-refractivity contribution >= 4 is 0 Å². The molecule has 0 aromatic rings. The Morgan fingerprint density at radius 1 is 0.800 bits per heavy atom. The minimum atomic E-state index is -0.864. The summed E-state index contributed by atoms with van der Waals surface area (Å²) in [6, 6.07) is 0. The quantitative estimate of drug-likeness (QED) is 0.449.